The summed E-state index contributed by atoms with van der Waals surface area (Å²) in [5, 5.41) is 14.2. The third-order valence-electron chi connectivity index (χ3n) is 3.84. The van der Waals surface area contributed by atoms with Crippen molar-refractivity contribution in [3.05, 3.63) is 59.9 Å². The summed E-state index contributed by atoms with van der Waals surface area (Å²) in [4.78, 5) is 12.2. The lowest BCUT2D eigenvalue weighted by atomic mass is 10.1. The quantitative estimate of drug-likeness (QED) is 0.445. The first kappa shape index (κ1) is 21.6. The molecule has 0 aliphatic rings. The van der Waals surface area contributed by atoms with Gasteiger partial charge in [0.2, 0.25) is 11.1 Å². The van der Waals surface area contributed by atoms with Crippen molar-refractivity contribution in [1.82, 2.24) is 25.5 Å². The van der Waals surface area contributed by atoms with E-state index in [-0.39, 0.29) is 34.4 Å². The number of carbonyl (C=O) groups is 1. The van der Waals surface area contributed by atoms with E-state index >= 15 is 0 Å². The number of hydrogen-bond acceptors (Lipinski definition) is 6. The third kappa shape index (κ3) is 5.92. The van der Waals surface area contributed by atoms with Crippen LogP contribution in [0.25, 0.3) is 5.69 Å². The SMILES string of the molecule is CC(NC(=O)CSc1nnnn1-c1ccc(OC(F)(F)F)cc1)c1ccc(F)cc1. The molecule has 1 unspecified atom stereocenters. The molecule has 3 aromatic rings. The van der Waals surface area contributed by atoms with Gasteiger partial charge in [0, 0.05) is 0 Å². The number of amides is 1. The topological polar surface area (TPSA) is 81.9 Å². The summed E-state index contributed by atoms with van der Waals surface area (Å²) >= 11 is 1.05. The van der Waals surface area contributed by atoms with Crippen molar-refractivity contribution in [2.24, 2.45) is 0 Å². The molecular weight excluding hydrogens is 426 g/mol. The van der Waals surface area contributed by atoms with Crippen LogP contribution in [0.5, 0.6) is 5.75 Å². The first-order valence-corrected chi connectivity index (χ1v) is 9.52. The number of nitrogens with zero attached hydrogens (tertiary/aromatic N) is 4. The van der Waals surface area contributed by atoms with Crippen LogP contribution in [0.15, 0.2) is 53.7 Å². The van der Waals surface area contributed by atoms with Gasteiger partial charge in [0.05, 0.1) is 17.5 Å². The van der Waals surface area contributed by atoms with E-state index in [2.05, 4.69) is 25.6 Å². The van der Waals surface area contributed by atoms with E-state index in [0.717, 1.165) is 29.5 Å². The number of thioether (sulfide) groups is 1. The highest BCUT2D eigenvalue weighted by Gasteiger charge is 2.31. The molecule has 3 rings (SSSR count). The zero-order valence-corrected chi connectivity index (χ0v) is 16.2. The van der Waals surface area contributed by atoms with Gasteiger partial charge in [0.15, 0.2) is 0 Å². The van der Waals surface area contributed by atoms with Crippen molar-refractivity contribution in [3.63, 3.8) is 0 Å². The van der Waals surface area contributed by atoms with Crippen molar-refractivity contribution >= 4 is 17.7 Å². The van der Waals surface area contributed by atoms with Crippen LogP contribution in [-0.2, 0) is 4.79 Å². The molecule has 0 fully saturated rings. The fraction of sp³-hybridized carbons (Fsp3) is 0.222. The van der Waals surface area contributed by atoms with Gasteiger partial charge in [0.25, 0.3) is 0 Å². The fourth-order valence-corrected chi connectivity index (χ4v) is 3.17. The smallest absolute Gasteiger partial charge is 0.406 e. The van der Waals surface area contributed by atoms with Gasteiger partial charge in [-0.2, -0.15) is 4.68 Å². The minimum absolute atomic E-state index is 0.00117. The predicted octanol–water partition coefficient (Wildman–Crippen LogP) is 3.67. The van der Waals surface area contributed by atoms with Gasteiger partial charge in [-0.25, -0.2) is 4.39 Å². The molecule has 30 heavy (non-hydrogen) atoms. The molecule has 0 aliphatic heterocycles. The highest BCUT2D eigenvalue weighted by molar-refractivity contribution is 7.99. The monoisotopic (exact) mass is 441 g/mol. The summed E-state index contributed by atoms with van der Waals surface area (Å²) in [6.45, 7) is 1.77. The number of tetrazole rings is 1. The van der Waals surface area contributed by atoms with Gasteiger partial charge < -0.3 is 10.1 Å². The van der Waals surface area contributed by atoms with Crippen molar-refractivity contribution in [2.75, 3.05) is 5.75 Å². The molecule has 2 aromatic carbocycles. The summed E-state index contributed by atoms with van der Waals surface area (Å²) in [6.07, 6.45) is -4.78. The Labute approximate surface area is 172 Å². The molecule has 1 N–H and O–H groups in total. The number of ether oxygens (including phenoxy) is 1. The highest BCUT2D eigenvalue weighted by Crippen LogP contribution is 2.25. The third-order valence-corrected chi connectivity index (χ3v) is 4.75. The molecule has 0 spiro atoms. The van der Waals surface area contributed by atoms with Crippen LogP contribution in [0.4, 0.5) is 17.6 Å². The van der Waals surface area contributed by atoms with Gasteiger partial charge in [-0.05, 0) is 59.3 Å². The second-order valence-electron chi connectivity index (χ2n) is 6.04. The van der Waals surface area contributed by atoms with E-state index in [9.17, 15) is 22.4 Å². The van der Waals surface area contributed by atoms with Crippen LogP contribution in [0.1, 0.15) is 18.5 Å². The normalized spacial score (nSPS) is 12.4. The van der Waals surface area contributed by atoms with Crippen molar-refractivity contribution in [2.45, 2.75) is 24.5 Å². The van der Waals surface area contributed by atoms with Crippen LogP contribution < -0.4 is 10.1 Å². The molecule has 0 radical (unpaired) electrons. The molecule has 0 saturated carbocycles. The summed E-state index contributed by atoms with van der Waals surface area (Å²) in [5.74, 6) is -1.03. The zero-order chi connectivity index (χ0) is 21.7. The minimum Gasteiger partial charge on any atom is -0.406 e. The molecule has 1 heterocycles. The fourth-order valence-electron chi connectivity index (χ4n) is 2.47. The maximum absolute atomic E-state index is 13.0. The molecule has 0 bridgehead atoms. The lowest BCUT2D eigenvalue weighted by molar-refractivity contribution is -0.274. The van der Waals surface area contributed by atoms with Crippen molar-refractivity contribution in [1.29, 1.82) is 0 Å². The van der Waals surface area contributed by atoms with Crippen LogP contribution >= 0.6 is 11.8 Å². The summed E-state index contributed by atoms with van der Waals surface area (Å²) < 4.78 is 54.9. The standard InChI is InChI=1S/C18H15F4N5O2S/c1-11(12-2-4-13(19)5-3-12)23-16(28)10-30-17-24-25-26-27(17)14-6-8-15(9-7-14)29-18(20,21)22/h2-9,11H,10H2,1H3,(H,23,28). The van der Waals surface area contributed by atoms with E-state index < -0.39 is 6.36 Å². The Hall–Kier alpha value is -3.15. The molecule has 1 amide bonds. The number of benzene rings is 2. The maximum Gasteiger partial charge on any atom is 0.573 e. The average molecular weight is 441 g/mol. The predicted molar refractivity (Wildman–Crippen MR) is 99.5 cm³/mol. The number of hydrogen-bond donors (Lipinski definition) is 1. The Morgan fingerprint density at radius 3 is 2.47 bits per heavy atom. The highest BCUT2D eigenvalue weighted by atomic mass is 32.2. The lowest BCUT2D eigenvalue weighted by Crippen LogP contribution is -2.28. The van der Waals surface area contributed by atoms with E-state index in [0.29, 0.717) is 5.69 Å². The van der Waals surface area contributed by atoms with Crippen molar-refractivity contribution in [3.8, 4) is 11.4 Å². The zero-order valence-electron chi connectivity index (χ0n) is 15.4. The Morgan fingerprint density at radius 1 is 1.17 bits per heavy atom. The number of alkyl halides is 3. The molecule has 1 aromatic heterocycles. The summed E-state index contributed by atoms with van der Waals surface area (Å²) in [6, 6.07) is 10.5. The Bertz CT molecular complexity index is 993. The van der Waals surface area contributed by atoms with E-state index in [1.807, 2.05) is 0 Å². The molecule has 1 atom stereocenters. The van der Waals surface area contributed by atoms with E-state index in [4.69, 9.17) is 0 Å². The number of nitrogens with one attached hydrogen (secondary N) is 1. The Balaban J connectivity index is 1.59. The summed E-state index contributed by atoms with van der Waals surface area (Å²) in [7, 11) is 0. The van der Waals surface area contributed by atoms with Gasteiger partial charge in [-0.15, -0.1) is 18.3 Å². The second-order valence-corrected chi connectivity index (χ2v) is 6.99. The van der Waals surface area contributed by atoms with Crippen LogP contribution in [0, 0.1) is 5.82 Å². The first-order chi connectivity index (χ1) is 14.2. The second kappa shape index (κ2) is 9.11. The van der Waals surface area contributed by atoms with Gasteiger partial charge >= 0.3 is 6.36 Å². The molecule has 0 aliphatic carbocycles. The van der Waals surface area contributed by atoms with E-state index in [1.54, 1.807) is 19.1 Å². The molecule has 0 saturated heterocycles. The van der Waals surface area contributed by atoms with Crippen LogP contribution in [-0.4, -0.2) is 38.2 Å². The van der Waals surface area contributed by atoms with Crippen molar-refractivity contribution < 1.29 is 27.1 Å². The Morgan fingerprint density at radius 2 is 1.83 bits per heavy atom. The summed E-state index contributed by atoms with van der Waals surface area (Å²) in [5.41, 5.74) is 1.15. The molecule has 158 valence electrons. The minimum atomic E-state index is -4.78. The van der Waals surface area contributed by atoms with Gasteiger partial charge in [0.1, 0.15) is 11.6 Å². The van der Waals surface area contributed by atoms with Gasteiger partial charge in [-0.1, -0.05) is 23.9 Å². The number of halogens is 4. The van der Waals surface area contributed by atoms with Gasteiger partial charge in [-0.3, -0.25) is 4.79 Å². The first-order valence-electron chi connectivity index (χ1n) is 8.53. The van der Waals surface area contributed by atoms with E-state index in [1.165, 1.54) is 28.9 Å². The molecule has 12 heteroatoms. The number of aromatic nitrogens is 4. The maximum atomic E-state index is 13.0. The number of carbonyl (C=O) groups excluding carboxylic acids is 1. The molecule has 7 nitrogen and oxygen atoms in total. The van der Waals surface area contributed by atoms with Crippen LogP contribution in [0.2, 0.25) is 0 Å². The largest absolute Gasteiger partial charge is 0.573 e. The average Bonchev–Trinajstić information content (AvgIpc) is 3.15. The number of rotatable bonds is 7. The van der Waals surface area contributed by atoms with Crippen LogP contribution in [0.3, 0.4) is 0 Å². The molecular formula is C18H15F4N5O2S. The lowest BCUT2D eigenvalue weighted by Gasteiger charge is -2.14. The Kier molecular flexibility index (Phi) is 6.55.